The summed E-state index contributed by atoms with van der Waals surface area (Å²) < 4.78 is 55.3. The van der Waals surface area contributed by atoms with Crippen LogP contribution in [0.15, 0.2) is 119 Å². The molecule has 0 aliphatic rings. The van der Waals surface area contributed by atoms with Crippen LogP contribution in [0.5, 0.6) is 0 Å². The number of nitrogens with zero attached hydrogens (tertiary/aromatic N) is 4. The Morgan fingerprint density at radius 1 is 0.542 bits per heavy atom. The normalized spacial score (nSPS) is 11.2. The molecule has 0 atom stereocenters. The molecule has 0 saturated carbocycles. The van der Waals surface area contributed by atoms with Crippen molar-refractivity contribution in [1.29, 1.82) is 0 Å². The summed E-state index contributed by atoms with van der Waals surface area (Å²) in [6, 6.07) is 23.8. The van der Waals surface area contributed by atoms with Gasteiger partial charge in [0.2, 0.25) is 11.8 Å². The molecule has 48 heavy (non-hydrogen) atoms. The third-order valence-electron chi connectivity index (χ3n) is 6.70. The molecule has 250 valence electrons. The van der Waals surface area contributed by atoms with Gasteiger partial charge in [0.15, 0.2) is 0 Å². The third kappa shape index (κ3) is 8.47. The number of nitro groups is 2. The summed E-state index contributed by atoms with van der Waals surface area (Å²) in [5.41, 5.74) is -0.558. The van der Waals surface area contributed by atoms with E-state index in [0.717, 1.165) is 32.9 Å². The minimum Gasteiger partial charge on any atom is -0.353 e. The summed E-state index contributed by atoms with van der Waals surface area (Å²) in [4.78, 5) is 46.4. The lowest BCUT2D eigenvalue weighted by Crippen LogP contribution is -2.45. The average Bonchev–Trinajstić information content (AvgIpc) is 3.08. The molecule has 0 unspecified atom stereocenters. The molecule has 0 aliphatic heterocycles. The van der Waals surface area contributed by atoms with E-state index in [2.05, 4.69) is 10.6 Å². The zero-order valence-corrected chi connectivity index (χ0v) is 26.5. The van der Waals surface area contributed by atoms with Crippen LogP contribution in [0.2, 0.25) is 0 Å². The zero-order valence-electron chi connectivity index (χ0n) is 24.9. The van der Waals surface area contributed by atoms with E-state index in [0.29, 0.717) is 0 Å². The van der Waals surface area contributed by atoms with Gasteiger partial charge in [-0.3, -0.25) is 38.4 Å². The van der Waals surface area contributed by atoms with Crippen LogP contribution in [0.3, 0.4) is 0 Å². The van der Waals surface area contributed by atoms with E-state index in [1.165, 1.54) is 72.8 Å². The lowest BCUT2D eigenvalue weighted by Gasteiger charge is -2.24. The topological polar surface area (TPSA) is 219 Å². The first-order chi connectivity index (χ1) is 22.8. The number of hydrogen-bond donors (Lipinski definition) is 2. The van der Waals surface area contributed by atoms with E-state index < -0.39 is 54.8 Å². The van der Waals surface area contributed by atoms with Crippen LogP contribution in [0.1, 0.15) is 0 Å². The Balaban J connectivity index is 1.43. The van der Waals surface area contributed by atoms with Gasteiger partial charge in [0.05, 0.1) is 31.0 Å². The SMILES string of the molecule is O=C(CN(c1ccc([N+](=O)[O-])cc1)S(=O)(=O)c1ccccc1)NCCNC(=O)CN(c1ccc([N+](=O)[O-])cc1)S(=O)(=O)c1ccccc1. The molecule has 2 N–H and O–H groups in total. The van der Waals surface area contributed by atoms with Gasteiger partial charge in [-0.15, -0.1) is 0 Å². The molecule has 0 aliphatic carbocycles. The lowest BCUT2D eigenvalue weighted by atomic mass is 10.3. The summed E-state index contributed by atoms with van der Waals surface area (Å²) in [5, 5.41) is 27.1. The van der Waals surface area contributed by atoms with Gasteiger partial charge < -0.3 is 10.6 Å². The fraction of sp³-hybridized carbons (Fsp3) is 0.133. The second-order valence-corrected chi connectivity index (χ2v) is 13.6. The fourth-order valence-electron chi connectivity index (χ4n) is 4.33. The zero-order chi connectivity index (χ0) is 34.9. The van der Waals surface area contributed by atoms with Gasteiger partial charge in [-0.05, 0) is 48.5 Å². The molecule has 4 aromatic carbocycles. The lowest BCUT2D eigenvalue weighted by molar-refractivity contribution is -0.385. The highest BCUT2D eigenvalue weighted by Crippen LogP contribution is 2.27. The monoisotopic (exact) mass is 696 g/mol. The van der Waals surface area contributed by atoms with Gasteiger partial charge in [-0.2, -0.15) is 0 Å². The largest absolute Gasteiger partial charge is 0.353 e. The number of carbonyl (C=O) groups excluding carboxylic acids is 2. The molecule has 0 bridgehead atoms. The molecule has 0 fully saturated rings. The van der Waals surface area contributed by atoms with Crippen molar-refractivity contribution in [2.75, 3.05) is 34.8 Å². The van der Waals surface area contributed by atoms with Gasteiger partial charge in [0.1, 0.15) is 13.1 Å². The first kappa shape index (κ1) is 35.0. The second kappa shape index (κ2) is 15.1. The van der Waals surface area contributed by atoms with Crippen LogP contribution < -0.4 is 19.2 Å². The number of anilines is 2. The van der Waals surface area contributed by atoms with Crippen LogP contribution in [0, 0.1) is 20.2 Å². The molecule has 4 rings (SSSR count). The minimum atomic E-state index is -4.28. The molecule has 2 amide bonds. The summed E-state index contributed by atoms with van der Waals surface area (Å²) in [7, 11) is -8.55. The number of carbonyl (C=O) groups is 2. The summed E-state index contributed by atoms with van der Waals surface area (Å²) >= 11 is 0. The maximum Gasteiger partial charge on any atom is 0.269 e. The van der Waals surface area contributed by atoms with Crippen molar-refractivity contribution in [2.45, 2.75) is 9.79 Å². The van der Waals surface area contributed by atoms with Crippen LogP contribution >= 0.6 is 0 Å². The Hall–Kier alpha value is -5.88. The fourth-order valence-corrected chi connectivity index (χ4v) is 7.21. The summed E-state index contributed by atoms with van der Waals surface area (Å²) in [6.45, 7) is -1.75. The molecule has 0 heterocycles. The Bertz CT molecular complexity index is 1850. The number of benzene rings is 4. The molecule has 16 nitrogen and oxygen atoms in total. The third-order valence-corrected chi connectivity index (χ3v) is 10.3. The van der Waals surface area contributed by atoms with Crippen molar-refractivity contribution < 1.29 is 36.3 Å². The smallest absolute Gasteiger partial charge is 0.269 e. The van der Waals surface area contributed by atoms with Gasteiger partial charge in [-0.1, -0.05) is 36.4 Å². The molecule has 0 saturated heterocycles. The first-order valence-corrected chi connectivity index (χ1v) is 16.9. The van der Waals surface area contributed by atoms with Gasteiger partial charge >= 0.3 is 0 Å². The Kier molecular flexibility index (Phi) is 11.0. The van der Waals surface area contributed by atoms with E-state index >= 15 is 0 Å². The first-order valence-electron chi connectivity index (χ1n) is 14.0. The number of nitrogens with one attached hydrogen (secondary N) is 2. The molecule has 0 aromatic heterocycles. The Morgan fingerprint density at radius 2 is 0.854 bits per heavy atom. The second-order valence-electron chi connectivity index (χ2n) is 9.90. The predicted octanol–water partition coefficient (Wildman–Crippen LogP) is 2.83. The quantitative estimate of drug-likeness (QED) is 0.105. The van der Waals surface area contributed by atoms with E-state index in [9.17, 15) is 46.7 Å². The van der Waals surface area contributed by atoms with Crippen LogP contribution in [0.25, 0.3) is 0 Å². The average molecular weight is 697 g/mol. The van der Waals surface area contributed by atoms with E-state index in [1.54, 1.807) is 12.1 Å². The van der Waals surface area contributed by atoms with E-state index in [1.807, 2.05) is 0 Å². The molecule has 0 spiro atoms. The molecule has 0 radical (unpaired) electrons. The van der Waals surface area contributed by atoms with Crippen molar-refractivity contribution in [1.82, 2.24) is 10.6 Å². The van der Waals surface area contributed by atoms with E-state index in [-0.39, 0.29) is 45.6 Å². The van der Waals surface area contributed by atoms with Crippen LogP contribution in [-0.4, -0.2) is 64.7 Å². The van der Waals surface area contributed by atoms with Gasteiger partial charge in [0, 0.05) is 37.4 Å². The number of nitro benzene ring substituents is 2. The van der Waals surface area contributed by atoms with Gasteiger partial charge in [-0.25, -0.2) is 16.8 Å². The molecule has 18 heteroatoms. The highest BCUT2D eigenvalue weighted by molar-refractivity contribution is 7.93. The number of sulfonamides is 2. The Labute approximate surface area is 275 Å². The summed E-state index contributed by atoms with van der Waals surface area (Å²) in [5.74, 6) is -1.53. The minimum absolute atomic E-state index is 0.00105. The van der Waals surface area contributed by atoms with Gasteiger partial charge in [0.25, 0.3) is 31.4 Å². The maximum atomic E-state index is 13.4. The predicted molar refractivity (Wildman–Crippen MR) is 174 cm³/mol. The van der Waals surface area contributed by atoms with Crippen molar-refractivity contribution >= 4 is 54.6 Å². The number of amides is 2. The summed E-state index contributed by atoms with van der Waals surface area (Å²) in [6.07, 6.45) is 0. The van der Waals surface area contributed by atoms with Crippen LogP contribution in [-0.2, 0) is 29.6 Å². The van der Waals surface area contributed by atoms with Crippen LogP contribution in [0.4, 0.5) is 22.7 Å². The Morgan fingerprint density at radius 3 is 1.15 bits per heavy atom. The molecule has 4 aromatic rings. The van der Waals surface area contributed by atoms with Crippen molar-refractivity contribution in [3.05, 3.63) is 129 Å². The number of rotatable bonds is 15. The highest BCUT2D eigenvalue weighted by Gasteiger charge is 2.29. The molecular formula is C30H28N6O10S2. The van der Waals surface area contributed by atoms with E-state index in [4.69, 9.17) is 0 Å². The number of hydrogen-bond acceptors (Lipinski definition) is 10. The highest BCUT2D eigenvalue weighted by atomic mass is 32.2. The van der Waals surface area contributed by atoms with Crippen molar-refractivity contribution in [3.63, 3.8) is 0 Å². The molecular weight excluding hydrogens is 668 g/mol. The standard InChI is InChI=1S/C30H28N6O10S2/c37-29(21-33(23-11-15-25(16-12-23)35(39)40)47(43,44)27-7-3-1-4-8-27)31-19-20-32-30(38)22-34(24-13-17-26(18-14-24)36(41)42)48(45,46)28-9-5-2-6-10-28/h1-18H,19-22H2,(H,31,37)(H,32,38). The number of non-ortho nitro benzene ring substituents is 2. The van der Waals surface area contributed by atoms with Crippen molar-refractivity contribution in [2.24, 2.45) is 0 Å². The van der Waals surface area contributed by atoms with Crippen molar-refractivity contribution in [3.8, 4) is 0 Å². The maximum absolute atomic E-state index is 13.4.